The monoisotopic (exact) mass is 818 g/mol. The van der Waals surface area contributed by atoms with Crippen LogP contribution in [0.15, 0.2) is 35.3 Å². The number of hydrogen-bond donors (Lipinski definition) is 3. The van der Waals surface area contributed by atoms with Crippen molar-refractivity contribution in [3.63, 3.8) is 0 Å². The Labute approximate surface area is 341 Å². The van der Waals surface area contributed by atoms with Gasteiger partial charge in [0.05, 0.1) is 18.6 Å². The van der Waals surface area contributed by atoms with Crippen LogP contribution in [0.3, 0.4) is 0 Å². The zero-order valence-electron chi connectivity index (χ0n) is 36.2. The van der Waals surface area contributed by atoms with Gasteiger partial charge in [0, 0.05) is 76.8 Å². The van der Waals surface area contributed by atoms with Crippen LogP contribution < -0.4 is 5.32 Å². The molecule has 9 atom stereocenters. The van der Waals surface area contributed by atoms with E-state index in [1.165, 1.54) is 0 Å². The van der Waals surface area contributed by atoms with E-state index in [2.05, 4.69) is 37.9 Å². The fourth-order valence-corrected chi connectivity index (χ4v) is 10.2. The van der Waals surface area contributed by atoms with Gasteiger partial charge in [-0.1, -0.05) is 92.1 Å². The van der Waals surface area contributed by atoms with Crippen molar-refractivity contribution < 1.29 is 38.5 Å². The molecule has 0 aliphatic carbocycles. The van der Waals surface area contributed by atoms with E-state index in [0.29, 0.717) is 13.0 Å². The molecule has 2 fully saturated rings. The van der Waals surface area contributed by atoms with Crippen molar-refractivity contribution >= 4 is 36.8 Å². The highest BCUT2D eigenvalue weighted by molar-refractivity contribution is 7.59. The molecule has 322 valence electrons. The Hall–Kier alpha value is -3.12. The summed E-state index contributed by atoms with van der Waals surface area (Å²) in [6.45, 7) is 20.1. The topological polar surface area (TPSA) is 169 Å². The number of nitrogens with zero attached hydrogens (tertiary/aromatic N) is 4. The maximum Gasteiger partial charge on any atom is 0.313 e. The number of carbonyl (C=O) groups excluding carboxylic acids is 3. The number of Topliss-reactive ketones (excluding diaryl/α,β-unsaturated/α-hetero) is 1. The number of benzene rings is 1. The number of hydrogen-bond acceptors (Lipinski definition) is 8. The van der Waals surface area contributed by atoms with Gasteiger partial charge in [0.25, 0.3) is 0 Å². The third-order valence-electron chi connectivity index (χ3n) is 12.4. The lowest BCUT2D eigenvalue weighted by Crippen LogP contribution is -2.54. The average Bonchev–Trinajstić information content (AvgIpc) is 3.67. The number of aliphatic imine (C=N–C) groups is 1. The minimum Gasteiger partial charge on any atom is -0.481 e. The molecule has 2 aliphatic heterocycles. The van der Waals surface area contributed by atoms with E-state index in [1.54, 1.807) is 50.2 Å². The van der Waals surface area contributed by atoms with Crippen molar-refractivity contribution in [2.75, 3.05) is 53.0 Å². The number of likely N-dealkylation sites (N-methyl/N-ethyl adjacent to an activating group) is 1. The second-order valence-electron chi connectivity index (χ2n) is 17.1. The number of carbonyl (C=O) groups is 4. The second-order valence-corrected chi connectivity index (χ2v) is 19.7. The lowest BCUT2D eigenvalue weighted by molar-refractivity contribution is -0.144. The van der Waals surface area contributed by atoms with Crippen LogP contribution in [-0.2, 0) is 34.9 Å². The van der Waals surface area contributed by atoms with E-state index in [9.17, 15) is 33.7 Å². The maximum absolute atomic E-state index is 14.5. The Morgan fingerprint density at radius 1 is 1.00 bits per heavy atom. The van der Waals surface area contributed by atoms with Crippen molar-refractivity contribution in [3.8, 4) is 0 Å². The number of likely N-dealkylation sites (tertiary alicyclic amines) is 1. The lowest BCUT2D eigenvalue weighted by Gasteiger charge is -2.40. The number of amides is 2. The summed E-state index contributed by atoms with van der Waals surface area (Å²) in [6, 6.07) is 7.80. The van der Waals surface area contributed by atoms with Gasteiger partial charge in [0.2, 0.25) is 19.2 Å². The maximum atomic E-state index is 14.5. The second kappa shape index (κ2) is 22.3. The third kappa shape index (κ3) is 13.2. The van der Waals surface area contributed by atoms with Crippen LogP contribution in [0.2, 0.25) is 0 Å². The van der Waals surface area contributed by atoms with E-state index < -0.39 is 49.3 Å². The number of carboxylic acids is 1. The predicted octanol–water partition coefficient (Wildman–Crippen LogP) is 5.44. The van der Waals surface area contributed by atoms with E-state index in [4.69, 9.17) is 9.73 Å². The molecule has 1 aromatic rings. The number of rotatable bonds is 21. The van der Waals surface area contributed by atoms with Crippen LogP contribution in [0.25, 0.3) is 0 Å². The van der Waals surface area contributed by atoms with E-state index in [1.807, 2.05) is 31.7 Å². The van der Waals surface area contributed by atoms with Crippen LogP contribution >= 0.6 is 7.37 Å². The quantitative estimate of drug-likeness (QED) is 0.0826. The molecule has 3 rings (SSSR count). The Morgan fingerprint density at radius 3 is 2.18 bits per heavy atom. The fraction of sp³-hybridized carbons (Fsp3) is 0.744. The van der Waals surface area contributed by atoms with Gasteiger partial charge in [0.15, 0.2) is 0 Å². The molecule has 0 aromatic heterocycles. The molecule has 2 amide bonds. The molecule has 13 nitrogen and oxygen atoms in total. The minimum absolute atomic E-state index is 0.0182. The molecule has 14 heteroatoms. The molecular formula is C43H72N5O8P. The molecule has 0 spiro atoms. The number of methoxy groups -OCH3 is 1. The Bertz CT molecular complexity index is 1550. The molecule has 3 N–H and O–H groups in total. The first-order chi connectivity index (χ1) is 26.8. The highest BCUT2D eigenvalue weighted by Crippen LogP contribution is 2.49. The molecule has 0 saturated carbocycles. The van der Waals surface area contributed by atoms with Crippen molar-refractivity contribution in [2.24, 2.45) is 34.6 Å². The molecule has 0 bridgehead atoms. The van der Waals surface area contributed by atoms with Gasteiger partial charge in [-0.25, -0.2) is 0 Å². The highest BCUT2D eigenvalue weighted by Gasteiger charge is 2.43. The molecular weight excluding hydrogens is 745 g/mol. The van der Waals surface area contributed by atoms with Gasteiger partial charge in [-0.05, 0) is 42.6 Å². The fourth-order valence-electron chi connectivity index (χ4n) is 8.61. The van der Waals surface area contributed by atoms with E-state index in [0.717, 1.165) is 50.4 Å². The zero-order chi connectivity index (χ0) is 42.6. The predicted molar refractivity (Wildman–Crippen MR) is 226 cm³/mol. The van der Waals surface area contributed by atoms with Crippen LogP contribution in [0, 0.1) is 29.6 Å². The smallest absolute Gasteiger partial charge is 0.313 e. The summed E-state index contributed by atoms with van der Waals surface area (Å²) >= 11 is 0. The number of piperazine rings is 1. The van der Waals surface area contributed by atoms with E-state index >= 15 is 0 Å². The number of ketones is 1. The summed E-state index contributed by atoms with van der Waals surface area (Å²) in [5.74, 6) is -1.57. The third-order valence-corrected chi connectivity index (χ3v) is 14.6. The SMILES string of the molecule is CC[C@H](C)[C@@H]([C@@H](CC(=O)N1CCC[C@H]1[C@H](C)[C@@H](C)C(=O)C[C@@H](Cc1ccccc1)P(=O)(O)CC(=O)O)OC)N(C)C(=O)[C@@H](N=C(C(C)C)N1CCNCC1)C(C)C. The van der Waals surface area contributed by atoms with E-state index in [-0.39, 0.29) is 66.6 Å². The van der Waals surface area contributed by atoms with Crippen molar-refractivity contribution in [2.45, 2.75) is 124 Å². The molecule has 2 saturated heterocycles. The summed E-state index contributed by atoms with van der Waals surface area (Å²) < 4.78 is 19.4. The zero-order valence-corrected chi connectivity index (χ0v) is 37.1. The molecule has 1 aromatic carbocycles. The van der Waals surface area contributed by atoms with Gasteiger partial charge in [0.1, 0.15) is 23.8 Å². The van der Waals surface area contributed by atoms with Crippen LogP contribution in [0.5, 0.6) is 0 Å². The molecule has 0 radical (unpaired) electrons. The lowest BCUT2D eigenvalue weighted by atomic mass is 9.83. The Kier molecular flexibility index (Phi) is 18.9. The van der Waals surface area contributed by atoms with Gasteiger partial charge < -0.3 is 34.8 Å². The van der Waals surface area contributed by atoms with Crippen molar-refractivity contribution in [1.29, 1.82) is 0 Å². The average molecular weight is 818 g/mol. The van der Waals surface area contributed by atoms with Crippen LogP contribution in [0.4, 0.5) is 0 Å². The first-order valence-corrected chi connectivity index (χ1v) is 23.0. The van der Waals surface area contributed by atoms with Gasteiger partial charge >= 0.3 is 5.97 Å². The molecule has 2 heterocycles. The largest absolute Gasteiger partial charge is 0.481 e. The van der Waals surface area contributed by atoms with Gasteiger partial charge in [-0.3, -0.25) is 28.7 Å². The minimum atomic E-state index is -4.23. The number of aliphatic carboxylic acids is 1. The first-order valence-electron chi connectivity index (χ1n) is 21.1. The van der Waals surface area contributed by atoms with Crippen LogP contribution in [-0.4, -0.2) is 137 Å². The first kappa shape index (κ1) is 48.3. The van der Waals surface area contributed by atoms with Crippen molar-refractivity contribution in [1.82, 2.24) is 20.0 Å². The summed E-state index contributed by atoms with van der Waals surface area (Å²) in [6.07, 6.45) is 0.683. The summed E-state index contributed by atoms with van der Waals surface area (Å²) in [7, 11) is -0.829. The molecule has 2 aliphatic rings. The summed E-state index contributed by atoms with van der Waals surface area (Å²) in [5, 5.41) is 12.8. The number of nitrogens with one attached hydrogen (secondary N) is 1. The van der Waals surface area contributed by atoms with Crippen LogP contribution in [0.1, 0.15) is 93.1 Å². The Balaban J connectivity index is 1.81. The Morgan fingerprint density at radius 2 is 1.63 bits per heavy atom. The number of carboxylic acid groups (broad SMARTS) is 1. The normalized spacial score (nSPS) is 21.4. The van der Waals surface area contributed by atoms with Gasteiger partial charge in [-0.15, -0.1) is 0 Å². The standard InChI is InChI=1S/C43H72N5O8P/c1-11-30(6)41(46(9)43(53)40(28(2)3)45-42(29(4)5)47-22-19-44-20-23-47)37(56-10)26-38(50)48-21-15-18-35(48)31(7)32(8)36(49)25-34(57(54,55)27-39(51)52)24-33-16-13-12-14-17-33/h12-14,16-17,28-32,34-35,37,40-41,44H,11,15,18-27H2,1-10H3,(H,51,52)(H,54,55)/t30-,31+,32+,34+,35-,37+,40-,41-/m0/s1. The highest BCUT2D eigenvalue weighted by atomic mass is 31.2. The molecule has 1 unspecified atom stereocenters. The van der Waals surface area contributed by atoms with Gasteiger partial charge in [-0.2, -0.15) is 0 Å². The summed E-state index contributed by atoms with van der Waals surface area (Å²) in [4.78, 5) is 76.0. The number of amidine groups is 1. The van der Waals surface area contributed by atoms with Crippen molar-refractivity contribution in [3.05, 3.63) is 35.9 Å². The number of ether oxygens (including phenoxy) is 1. The molecule has 57 heavy (non-hydrogen) atoms. The summed E-state index contributed by atoms with van der Waals surface area (Å²) in [5.41, 5.74) is -0.291.